The summed E-state index contributed by atoms with van der Waals surface area (Å²) in [6.07, 6.45) is 13.2. The van der Waals surface area contributed by atoms with Crippen molar-refractivity contribution in [3.8, 4) is 0 Å². The lowest BCUT2D eigenvalue weighted by atomic mass is 9.88. The molecule has 1 aromatic rings. The van der Waals surface area contributed by atoms with Gasteiger partial charge in [0, 0.05) is 18.0 Å². The second-order valence-electron chi connectivity index (χ2n) is 10.2. The highest BCUT2D eigenvalue weighted by atomic mass is 35.5. The molecular formula is C26H30ClFN4O. The zero-order valence-electron chi connectivity index (χ0n) is 18.6. The highest BCUT2D eigenvalue weighted by molar-refractivity contribution is 6.34. The number of carbonyl (C=O) groups excluding carboxylic acids is 1. The van der Waals surface area contributed by atoms with Gasteiger partial charge < -0.3 is 15.6 Å². The number of rotatable bonds is 6. The van der Waals surface area contributed by atoms with Crippen LogP contribution < -0.4 is 5.32 Å². The molecule has 1 heterocycles. The molecule has 1 amide bonds. The standard InChI is InChI=1S/C26H30ClFN4O/c27-22-4-3-19(28)13-20(22)23(29)5-6-24(30)31-25(33)21-14-26(21)7-9-32(10-8-26)15-18-12-16-1-2-17(18)11-16/h1-6,13,16-18,21,29H,7-12,14-15H2,(H2,30,31,33)/b6-5-,29-23?. The molecule has 3 aliphatic carbocycles. The topological polar surface area (TPSA) is 80.0 Å². The van der Waals surface area contributed by atoms with Crippen molar-refractivity contribution in [3.05, 3.63) is 58.9 Å². The Bertz CT molecular complexity index is 1040. The number of allylic oxidation sites excluding steroid dienone is 3. The number of fused-ring (bicyclic) bond motifs is 2. The summed E-state index contributed by atoms with van der Waals surface area (Å²) >= 11 is 6.03. The quantitative estimate of drug-likeness (QED) is 0.318. The number of hydrogen-bond donors (Lipinski definition) is 3. The third-order valence-electron chi connectivity index (χ3n) is 8.16. The van der Waals surface area contributed by atoms with Crippen LogP contribution in [0.1, 0.15) is 37.7 Å². The maximum Gasteiger partial charge on any atom is 0.229 e. The van der Waals surface area contributed by atoms with Gasteiger partial charge in [0.15, 0.2) is 0 Å². The molecule has 4 unspecified atom stereocenters. The van der Waals surface area contributed by atoms with Gasteiger partial charge in [0.05, 0.1) is 10.7 Å². The Morgan fingerprint density at radius 1 is 1.21 bits per heavy atom. The van der Waals surface area contributed by atoms with Crippen molar-refractivity contribution in [2.75, 3.05) is 19.6 Å². The highest BCUT2D eigenvalue weighted by Gasteiger charge is 2.58. The molecule has 2 bridgehead atoms. The molecule has 4 aliphatic rings. The SMILES string of the molecule is N=C(/C=C\C(=N)c1cc(F)ccc1Cl)NC(=O)C1CC12CCN(CC1CC3C=CC1C3)CC2. The van der Waals surface area contributed by atoms with E-state index in [1.807, 2.05) is 0 Å². The first kappa shape index (κ1) is 22.5. The predicted octanol–water partition coefficient (Wildman–Crippen LogP) is 4.81. The molecule has 0 aromatic heterocycles. The maximum absolute atomic E-state index is 13.4. The molecule has 174 valence electrons. The molecule has 3 fully saturated rings. The van der Waals surface area contributed by atoms with E-state index in [1.165, 1.54) is 49.7 Å². The molecule has 1 spiro atoms. The summed E-state index contributed by atoms with van der Waals surface area (Å²) in [4.78, 5) is 15.3. The van der Waals surface area contributed by atoms with Gasteiger partial charge in [-0.1, -0.05) is 23.8 Å². The lowest BCUT2D eigenvalue weighted by Gasteiger charge is -2.35. The van der Waals surface area contributed by atoms with Crippen molar-refractivity contribution in [1.29, 1.82) is 10.8 Å². The Balaban J connectivity index is 1.08. The van der Waals surface area contributed by atoms with Crippen LogP contribution in [0.25, 0.3) is 0 Å². The molecule has 5 rings (SSSR count). The number of hydrogen-bond acceptors (Lipinski definition) is 4. The molecule has 1 saturated heterocycles. The second-order valence-corrected chi connectivity index (χ2v) is 10.6. The Labute approximate surface area is 199 Å². The van der Waals surface area contributed by atoms with Gasteiger partial charge in [-0.15, -0.1) is 0 Å². The predicted molar refractivity (Wildman–Crippen MR) is 128 cm³/mol. The first-order chi connectivity index (χ1) is 15.8. The largest absolute Gasteiger partial charge is 0.311 e. The Morgan fingerprint density at radius 3 is 2.70 bits per heavy atom. The summed E-state index contributed by atoms with van der Waals surface area (Å²) < 4.78 is 13.4. The third-order valence-corrected chi connectivity index (χ3v) is 8.49. The number of likely N-dealkylation sites (tertiary alicyclic amines) is 1. The normalized spacial score (nSPS) is 29.6. The lowest BCUT2D eigenvalue weighted by Crippen LogP contribution is -2.40. The number of amidine groups is 1. The number of amides is 1. The maximum atomic E-state index is 13.4. The minimum absolute atomic E-state index is 0.0141. The molecule has 7 heteroatoms. The molecule has 4 atom stereocenters. The van der Waals surface area contributed by atoms with Crippen LogP contribution in [0.15, 0.2) is 42.5 Å². The van der Waals surface area contributed by atoms with E-state index >= 15 is 0 Å². The fourth-order valence-corrected chi connectivity index (χ4v) is 6.33. The lowest BCUT2D eigenvalue weighted by molar-refractivity contribution is -0.122. The zero-order valence-corrected chi connectivity index (χ0v) is 19.4. The van der Waals surface area contributed by atoms with Crippen LogP contribution in [0.4, 0.5) is 4.39 Å². The Kier molecular flexibility index (Phi) is 6.00. The Morgan fingerprint density at radius 2 is 2.00 bits per heavy atom. The third kappa shape index (κ3) is 4.69. The van der Waals surface area contributed by atoms with Crippen molar-refractivity contribution in [2.24, 2.45) is 29.1 Å². The molecule has 5 nitrogen and oxygen atoms in total. The van der Waals surface area contributed by atoms with Gasteiger partial charge in [0.2, 0.25) is 5.91 Å². The first-order valence-corrected chi connectivity index (χ1v) is 12.2. The summed E-state index contributed by atoms with van der Waals surface area (Å²) in [5.74, 6) is 1.71. The number of carbonyl (C=O) groups is 1. The summed E-state index contributed by atoms with van der Waals surface area (Å²) in [7, 11) is 0. The van der Waals surface area contributed by atoms with Crippen molar-refractivity contribution in [2.45, 2.75) is 32.1 Å². The van der Waals surface area contributed by atoms with Gasteiger partial charge in [0.25, 0.3) is 0 Å². The number of nitrogens with one attached hydrogen (secondary N) is 3. The average Bonchev–Trinajstić information content (AvgIpc) is 3.11. The van der Waals surface area contributed by atoms with E-state index in [2.05, 4.69) is 22.4 Å². The van der Waals surface area contributed by atoms with E-state index in [4.69, 9.17) is 22.4 Å². The van der Waals surface area contributed by atoms with Gasteiger partial charge >= 0.3 is 0 Å². The molecule has 33 heavy (non-hydrogen) atoms. The Hall–Kier alpha value is -2.31. The molecule has 0 radical (unpaired) electrons. The van der Waals surface area contributed by atoms with E-state index in [9.17, 15) is 9.18 Å². The van der Waals surface area contributed by atoms with Crippen molar-refractivity contribution < 1.29 is 9.18 Å². The van der Waals surface area contributed by atoms with Gasteiger partial charge in [-0.3, -0.25) is 10.2 Å². The summed E-state index contributed by atoms with van der Waals surface area (Å²) in [5, 5.41) is 19.1. The van der Waals surface area contributed by atoms with Crippen molar-refractivity contribution in [1.82, 2.24) is 10.2 Å². The van der Waals surface area contributed by atoms with Crippen LogP contribution in [0.2, 0.25) is 5.02 Å². The number of benzene rings is 1. The van der Waals surface area contributed by atoms with Crippen LogP contribution in [0.5, 0.6) is 0 Å². The minimum atomic E-state index is -0.478. The van der Waals surface area contributed by atoms with E-state index in [0.717, 1.165) is 50.1 Å². The zero-order chi connectivity index (χ0) is 23.2. The molecular weight excluding hydrogens is 439 g/mol. The van der Waals surface area contributed by atoms with Crippen LogP contribution in [-0.4, -0.2) is 42.0 Å². The fourth-order valence-electron chi connectivity index (χ4n) is 6.11. The number of halogens is 2. The number of nitrogens with zero attached hydrogens (tertiary/aromatic N) is 1. The van der Waals surface area contributed by atoms with Crippen molar-refractivity contribution >= 4 is 29.1 Å². The second kappa shape index (κ2) is 8.80. The summed E-state index contributed by atoms with van der Waals surface area (Å²) in [6, 6.07) is 3.82. The van der Waals surface area contributed by atoms with E-state index in [1.54, 1.807) is 0 Å². The van der Waals surface area contributed by atoms with Crippen LogP contribution in [0.3, 0.4) is 0 Å². The molecule has 2 saturated carbocycles. The highest BCUT2D eigenvalue weighted by Crippen LogP contribution is 2.59. The average molecular weight is 469 g/mol. The monoisotopic (exact) mass is 468 g/mol. The van der Waals surface area contributed by atoms with Gasteiger partial charge in [-0.25, -0.2) is 4.39 Å². The fraction of sp³-hybridized carbons (Fsp3) is 0.500. The van der Waals surface area contributed by atoms with Crippen molar-refractivity contribution in [3.63, 3.8) is 0 Å². The van der Waals surface area contributed by atoms with Gasteiger partial charge in [0.1, 0.15) is 11.7 Å². The minimum Gasteiger partial charge on any atom is -0.311 e. The van der Waals surface area contributed by atoms with Gasteiger partial charge in [-0.05, 0) is 98.7 Å². The van der Waals surface area contributed by atoms with E-state index < -0.39 is 5.82 Å². The smallest absolute Gasteiger partial charge is 0.229 e. The molecule has 1 aromatic carbocycles. The first-order valence-electron chi connectivity index (χ1n) is 11.9. The van der Waals surface area contributed by atoms with E-state index in [-0.39, 0.29) is 39.4 Å². The molecule has 1 aliphatic heterocycles. The number of piperidine rings is 1. The summed E-state index contributed by atoms with van der Waals surface area (Å²) in [6.45, 7) is 3.31. The summed E-state index contributed by atoms with van der Waals surface area (Å²) in [5.41, 5.74) is 0.335. The van der Waals surface area contributed by atoms with Crippen LogP contribution in [0, 0.1) is 45.7 Å². The molecule has 3 N–H and O–H groups in total. The van der Waals surface area contributed by atoms with Crippen LogP contribution >= 0.6 is 11.6 Å². The van der Waals surface area contributed by atoms with E-state index in [0.29, 0.717) is 0 Å². The van der Waals surface area contributed by atoms with Gasteiger partial charge in [-0.2, -0.15) is 0 Å². The van der Waals surface area contributed by atoms with Crippen LogP contribution in [-0.2, 0) is 4.79 Å².